The topological polar surface area (TPSA) is 77.3 Å². The van der Waals surface area contributed by atoms with Gasteiger partial charge in [-0.1, -0.05) is 521 Å². The molecule has 18 rings (SSSR count). The Bertz CT molecular complexity index is 6060. The lowest BCUT2D eigenvalue weighted by atomic mass is 9.69. The van der Waals surface area contributed by atoms with Crippen LogP contribution in [-0.2, 0) is 21.7 Å². The quantitative estimate of drug-likeness (QED) is 0.0354. The molecule has 0 aliphatic heterocycles. The van der Waals surface area contributed by atoms with Crippen LogP contribution in [-0.4, -0.2) is 26.2 Å². The van der Waals surface area contributed by atoms with Crippen molar-refractivity contribution in [3.63, 3.8) is 0 Å². The Kier molecular flexibility index (Phi) is 36.7. The van der Waals surface area contributed by atoms with Crippen LogP contribution in [0.3, 0.4) is 0 Å². The van der Waals surface area contributed by atoms with E-state index in [9.17, 15) is 0 Å². The second-order valence-corrected chi connectivity index (χ2v) is 46.1. The van der Waals surface area contributed by atoms with Crippen molar-refractivity contribution in [1.29, 1.82) is 0 Å². The van der Waals surface area contributed by atoms with E-state index in [2.05, 4.69) is 250 Å². The van der Waals surface area contributed by atoms with Crippen molar-refractivity contribution in [3.8, 4) is 111 Å². The molecule has 752 valence electrons. The first-order valence-corrected chi connectivity index (χ1v) is 60.7. The van der Waals surface area contributed by atoms with Crippen LogP contribution < -0.4 is 0 Å². The minimum absolute atomic E-state index is 0.00668. The Morgan fingerprint density at radius 2 is 0.287 bits per heavy atom. The molecule has 6 nitrogen and oxygen atoms in total. The molecule has 0 atom stereocenters. The first-order chi connectivity index (χ1) is 70.6. The van der Waals surface area contributed by atoms with Gasteiger partial charge in [0.2, 0.25) is 0 Å². The van der Waals surface area contributed by atoms with Crippen LogP contribution in [0.1, 0.15) is 459 Å². The van der Waals surface area contributed by atoms with Gasteiger partial charge in [0.05, 0.1) is 35.2 Å². The number of hydrogen-bond donors (Lipinski definition) is 0. The lowest BCUT2D eigenvalue weighted by Gasteiger charge is -2.33. The summed E-state index contributed by atoms with van der Waals surface area (Å²) in [4.78, 5) is 0. The summed E-state index contributed by atoms with van der Waals surface area (Å²) in [5.41, 5.74) is 43.9. The maximum absolute atomic E-state index is 5.42. The second kappa shape index (κ2) is 50.5. The SMILES string of the molecule is CCCCCCCCC1(CCCCCCCC)c2ccccc2-c2ccc(-c3ccc(-c4ccc5c(c4)C(CCCCCCCC)(CCCCCCCC)c4cc(-c6ccc(-c7ccc8c(c7)C(CCCCCCCC)(CCCCCCCC)c7cc(-c9ccc(-c%10ccc%11c(c%10)C(CCCCCCCC)(CCCCCCCC)c%10ccccc%10-%11)c%10nsnc9%10)ccc7-8)c7nsnc67)ccc4-5)c4nsnc34)cc21. The minimum atomic E-state index is -0.190. The molecule has 143 heavy (non-hydrogen) atoms. The Labute approximate surface area is 874 Å². The van der Waals surface area contributed by atoms with Crippen LogP contribution in [0, 0.1) is 0 Å². The second-order valence-electron chi connectivity index (χ2n) is 44.5. The number of unbranched alkanes of at least 4 members (excludes halogenated alkanes) is 40. The third-order valence-electron chi connectivity index (χ3n) is 35.0. The first kappa shape index (κ1) is 104. The smallest absolute Gasteiger partial charge is 0.113 e. The molecule has 0 bridgehead atoms. The van der Waals surface area contributed by atoms with Crippen LogP contribution >= 0.6 is 35.2 Å². The van der Waals surface area contributed by atoms with E-state index in [4.69, 9.17) is 26.2 Å². The van der Waals surface area contributed by atoms with Crippen LogP contribution in [0.2, 0.25) is 0 Å². The largest absolute Gasteiger partial charge is 0.172 e. The number of aromatic nitrogens is 6. The van der Waals surface area contributed by atoms with Crippen molar-refractivity contribution in [2.45, 2.75) is 437 Å². The standard InChI is InChI=1S/C134H168N6S3/c1-9-17-25-33-41-53-83-131(84-54-42-34-26-18-10-2)117-63-51-49-61-109(117)111-71-65-97(91-119(111)131)103-77-79-105(127-125(103)135-141-137-127)99-67-73-113-115-75-69-101(95-123(115)133(121(113)93-99,87-57-45-37-29-21-13-5)88-58-46-38-30-22-14-6)107-81-82-108(130-129(107)139-143-140-130)102-70-76-116-114-74-68-100(94-122(114)134(124(116)96-102,89-59-47-39-31-23-15-7)90-60-48-40-32-24-16-8)106-80-78-104(126-128(106)138-142-136-126)98-66-72-112-110-62-50-52-64-118(110)132(120(112)92-98,85-55-43-35-27-19-11-3)86-56-44-36-28-20-12-4/h49-52,61-82,91-96H,9-48,53-60,83-90H2,1-8H3. The Morgan fingerprint density at radius 3 is 0.462 bits per heavy atom. The van der Waals surface area contributed by atoms with Crippen molar-refractivity contribution in [3.05, 3.63) is 239 Å². The minimum Gasteiger partial charge on any atom is -0.172 e. The summed E-state index contributed by atoms with van der Waals surface area (Å²) in [6.07, 6.45) is 71.1. The van der Waals surface area contributed by atoms with E-state index in [-0.39, 0.29) is 21.7 Å². The molecule has 4 aliphatic carbocycles. The van der Waals surface area contributed by atoms with Crippen LogP contribution in [0.4, 0.5) is 0 Å². The fourth-order valence-electron chi connectivity index (χ4n) is 27.2. The van der Waals surface area contributed by atoms with Crippen molar-refractivity contribution in [1.82, 2.24) is 26.2 Å². The summed E-state index contributed by atoms with van der Waals surface area (Å²) in [6, 6.07) is 79.1. The van der Waals surface area contributed by atoms with Gasteiger partial charge in [0, 0.05) is 55.0 Å². The summed E-state index contributed by atoms with van der Waals surface area (Å²) in [5.74, 6) is 0. The third kappa shape index (κ3) is 22.2. The molecule has 3 heterocycles. The maximum atomic E-state index is 5.42. The van der Waals surface area contributed by atoms with Gasteiger partial charge in [0.1, 0.15) is 33.1 Å². The fraction of sp³-hybridized carbons (Fsp3) is 0.507. The highest BCUT2D eigenvalue weighted by atomic mass is 32.1. The molecule has 0 unspecified atom stereocenters. The molecule has 0 saturated heterocycles. The normalized spacial score (nSPS) is 14.1. The monoisotopic (exact) mass is 1960 g/mol. The Morgan fingerprint density at radius 1 is 0.147 bits per heavy atom. The van der Waals surface area contributed by atoms with Gasteiger partial charge in [-0.2, -0.15) is 26.2 Å². The van der Waals surface area contributed by atoms with Gasteiger partial charge in [0.25, 0.3) is 0 Å². The first-order valence-electron chi connectivity index (χ1n) is 58.5. The molecule has 11 aromatic carbocycles. The number of hydrogen-bond acceptors (Lipinski definition) is 9. The van der Waals surface area contributed by atoms with Gasteiger partial charge in [-0.3, -0.25) is 0 Å². The molecule has 0 radical (unpaired) electrons. The molecule has 4 aliphatic rings. The van der Waals surface area contributed by atoms with E-state index in [1.807, 2.05) is 0 Å². The summed E-state index contributed by atoms with van der Waals surface area (Å²) in [5, 5.41) is 0. The Hall–Kier alpha value is -9.12. The molecule has 9 heteroatoms. The summed E-state index contributed by atoms with van der Waals surface area (Å²) < 4.78 is 32.1. The number of benzene rings is 11. The van der Waals surface area contributed by atoms with Crippen LogP contribution in [0.15, 0.2) is 194 Å². The highest BCUT2D eigenvalue weighted by molar-refractivity contribution is 7.00. The zero-order valence-electron chi connectivity index (χ0n) is 89.0. The summed E-state index contributed by atoms with van der Waals surface area (Å²) in [7, 11) is 0. The molecule has 0 spiro atoms. The zero-order valence-corrected chi connectivity index (χ0v) is 91.4. The summed E-state index contributed by atoms with van der Waals surface area (Å²) >= 11 is 4.15. The average molecular weight is 1960 g/mol. The number of nitrogens with zero attached hydrogens (tertiary/aromatic N) is 6. The average Bonchev–Trinajstić information content (AvgIpc) is 1.55. The fourth-order valence-corrected chi connectivity index (χ4v) is 28.9. The van der Waals surface area contributed by atoms with Gasteiger partial charge in [0.15, 0.2) is 0 Å². The van der Waals surface area contributed by atoms with E-state index < -0.39 is 0 Å². The number of rotatable bonds is 62. The van der Waals surface area contributed by atoms with E-state index in [0.29, 0.717) is 0 Å². The van der Waals surface area contributed by atoms with Crippen molar-refractivity contribution in [2.24, 2.45) is 0 Å². The predicted molar refractivity (Wildman–Crippen MR) is 621 cm³/mol. The molecular weight excluding hydrogens is 1790 g/mol. The predicted octanol–water partition coefficient (Wildman–Crippen LogP) is 42.8. The molecule has 0 fully saturated rings. The van der Waals surface area contributed by atoms with E-state index in [1.165, 1.54) is 514 Å². The highest BCUT2D eigenvalue weighted by Gasteiger charge is 2.48. The molecule has 3 aromatic heterocycles. The molecular formula is C134H168N6S3. The van der Waals surface area contributed by atoms with Crippen LogP contribution in [0.25, 0.3) is 144 Å². The summed E-state index contributed by atoms with van der Waals surface area (Å²) in [6.45, 7) is 18.8. The van der Waals surface area contributed by atoms with E-state index >= 15 is 0 Å². The van der Waals surface area contributed by atoms with Gasteiger partial charge < -0.3 is 0 Å². The van der Waals surface area contributed by atoms with Crippen molar-refractivity contribution >= 4 is 68.3 Å². The zero-order chi connectivity index (χ0) is 98.2. The van der Waals surface area contributed by atoms with E-state index in [0.717, 1.165) is 58.8 Å². The Balaban J connectivity index is 0.691. The molecule has 0 saturated carbocycles. The van der Waals surface area contributed by atoms with Crippen molar-refractivity contribution in [2.75, 3.05) is 0 Å². The molecule has 0 N–H and O–H groups in total. The highest BCUT2D eigenvalue weighted by Crippen LogP contribution is 2.62. The lowest BCUT2D eigenvalue weighted by molar-refractivity contribution is 0.398. The molecule has 14 aromatic rings. The lowest BCUT2D eigenvalue weighted by Crippen LogP contribution is -2.25. The third-order valence-corrected chi connectivity index (χ3v) is 36.6. The molecule has 0 amide bonds. The van der Waals surface area contributed by atoms with Gasteiger partial charge in [-0.05, 0) is 210 Å². The van der Waals surface area contributed by atoms with Crippen LogP contribution in [0.5, 0.6) is 0 Å². The van der Waals surface area contributed by atoms with E-state index in [1.54, 1.807) is 11.1 Å². The van der Waals surface area contributed by atoms with Gasteiger partial charge in [-0.25, -0.2) is 0 Å². The van der Waals surface area contributed by atoms with Gasteiger partial charge >= 0.3 is 0 Å². The maximum Gasteiger partial charge on any atom is 0.113 e. The number of fused-ring (bicyclic) bond motifs is 15. The van der Waals surface area contributed by atoms with Gasteiger partial charge in [-0.15, -0.1) is 0 Å². The van der Waals surface area contributed by atoms with Crippen molar-refractivity contribution < 1.29 is 0 Å².